The van der Waals surface area contributed by atoms with E-state index in [2.05, 4.69) is 10.6 Å². The fourth-order valence-electron chi connectivity index (χ4n) is 3.33. The van der Waals surface area contributed by atoms with Crippen LogP contribution in [-0.4, -0.2) is 73.8 Å². The van der Waals surface area contributed by atoms with Gasteiger partial charge >= 0.3 is 12.1 Å². The molecule has 148 valence electrons. The van der Waals surface area contributed by atoms with Crippen molar-refractivity contribution in [2.75, 3.05) is 39.8 Å². The molecule has 3 rings (SSSR count). The summed E-state index contributed by atoms with van der Waals surface area (Å²) in [6.45, 7) is 4.97. The van der Waals surface area contributed by atoms with Crippen LogP contribution in [0.4, 0.5) is 9.59 Å². The van der Waals surface area contributed by atoms with Gasteiger partial charge in [0, 0.05) is 25.7 Å². The van der Waals surface area contributed by atoms with Crippen molar-refractivity contribution in [3.63, 3.8) is 0 Å². The van der Waals surface area contributed by atoms with Crippen LogP contribution in [0, 0.1) is 0 Å². The highest BCUT2D eigenvalue weighted by molar-refractivity contribution is 5.76. The molecule has 4 amide bonds. The van der Waals surface area contributed by atoms with Gasteiger partial charge in [-0.3, -0.25) is 0 Å². The van der Waals surface area contributed by atoms with Crippen LogP contribution in [-0.2, 0) is 0 Å². The fraction of sp³-hybridized carbons (Fsp3) is 0.579. The molecule has 8 heteroatoms. The van der Waals surface area contributed by atoms with Gasteiger partial charge in [0.05, 0.1) is 20.2 Å². The number of carbonyl (C=O) groups is 2. The molecular formula is C19H28N4O4. The number of methoxy groups -OCH3 is 1. The van der Waals surface area contributed by atoms with E-state index in [0.29, 0.717) is 44.2 Å². The van der Waals surface area contributed by atoms with Crippen LogP contribution >= 0.6 is 0 Å². The van der Waals surface area contributed by atoms with E-state index in [9.17, 15) is 9.59 Å². The molecule has 2 aliphatic rings. The number of nitrogens with one attached hydrogen (secondary N) is 2. The Morgan fingerprint density at radius 1 is 1.07 bits per heavy atom. The summed E-state index contributed by atoms with van der Waals surface area (Å²) >= 11 is 0. The van der Waals surface area contributed by atoms with E-state index in [0.717, 1.165) is 12.8 Å². The number of hydrogen-bond donors (Lipinski definition) is 2. The van der Waals surface area contributed by atoms with Crippen molar-refractivity contribution >= 4 is 12.1 Å². The van der Waals surface area contributed by atoms with Crippen LogP contribution in [0.2, 0.25) is 0 Å². The van der Waals surface area contributed by atoms with Gasteiger partial charge in [0.15, 0.2) is 11.5 Å². The average molecular weight is 376 g/mol. The Bertz CT molecular complexity index is 655. The van der Waals surface area contributed by atoms with Crippen LogP contribution in [0.15, 0.2) is 24.3 Å². The SMILES string of the molecule is CCNC(=O)N1CCC(NC(=O)N2CC(Oc3ccccc3OC)C2)CC1. The number of amides is 4. The second-order valence-corrected chi connectivity index (χ2v) is 6.84. The summed E-state index contributed by atoms with van der Waals surface area (Å²) in [4.78, 5) is 27.7. The lowest BCUT2D eigenvalue weighted by Gasteiger charge is -2.40. The maximum absolute atomic E-state index is 12.4. The molecule has 0 unspecified atom stereocenters. The Balaban J connectivity index is 1.38. The first kappa shape index (κ1) is 19.1. The summed E-state index contributed by atoms with van der Waals surface area (Å²) in [6, 6.07) is 7.53. The molecule has 0 aliphatic carbocycles. The zero-order chi connectivity index (χ0) is 19.2. The molecule has 0 spiro atoms. The number of ether oxygens (including phenoxy) is 2. The Kier molecular flexibility index (Phi) is 6.26. The zero-order valence-corrected chi connectivity index (χ0v) is 15.9. The summed E-state index contributed by atoms with van der Waals surface area (Å²) in [5.74, 6) is 1.39. The van der Waals surface area contributed by atoms with Crippen molar-refractivity contribution in [1.29, 1.82) is 0 Å². The van der Waals surface area contributed by atoms with Gasteiger partial charge in [-0.1, -0.05) is 12.1 Å². The van der Waals surface area contributed by atoms with E-state index in [4.69, 9.17) is 9.47 Å². The third kappa shape index (κ3) is 4.75. The summed E-state index contributed by atoms with van der Waals surface area (Å²) in [7, 11) is 1.61. The standard InChI is InChI=1S/C19H28N4O4/c1-3-20-18(24)22-10-8-14(9-11-22)21-19(25)23-12-15(13-23)27-17-7-5-4-6-16(17)26-2/h4-7,14-15H,3,8-13H2,1-2H3,(H,20,24)(H,21,25). The van der Waals surface area contributed by atoms with Crippen LogP contribution in [0.1, 0.15) is 19.8 Å². The highest BCUT2D eigenvalue weighted by Gasteiger charge is 2.34. The van der Waals surface area contributed by atoms with Crippen LogP contribution < -0.4 is 20.1 Å². The van der Waals surface area contributed by atoms with Crippen molar-refractivity contribution in [3.8, 4) is 11.5 Å². The van der Waals surface area contributed by atoms with E-state index in [-0.39, 0.29) is 24.2 Å². The molecule has 1 aromatic carbocycles. The van der Waals surface area contributed by atoms with E-state index in [1.165, 1.54) is 0 Å². The van der Waals surface area contributed by atoms with Gasteiger partial charge in [0.1, 0.15) is 6.10 Å². The first-order valence-electron chi connectivity index (χ1n) is 9.48. The molecule has 0 saturated carbocycles. The second kappa shape index (κ2) is 8.83. The molecule has 2 aliphatic heterocycles. The number of urea groups is 2. The normalized spacial score (nSPS) is 17.9. The molecule has 2 fully saturated rings. The molecule has 0 aromatic heterocycles. The third-order valence-corrected chi connectivity index (χ3v) is 4.94. The molecule has 0 bridgehead atoms. The Labute approximate surface area is 159 Å². The highest BCUT2D eigenvalue weighted by Crippen LogP contribution is 2.28. The van der Waals surface area contributed by atoms with Crippen LogP contribution in [0.3, 0.4) is 0 Å². The topological polar surface area (TPSA) is 83.1 Å². The van der Waals surface area contributed by atoms with Crippen molar-refractivity contribution < 1.29 is 19.1 Å². The van der Waals surface area contributed by atoms with E-state index < -0.39 is 0 Å². The second-order valence-electron chi connectivity index (χ2n) is 6.84. The van der Waals surface area contributed by atoms with Gasteiger partial charge in [-0.25, -0.2) is 9.59 Å². The van der Waals surface area contributed by atoms with Gasteiger partial charge in [0.25, 0.3) is 0 Å². The Morgan fingerprint density at radius 3 is 2.37 bits per heavy atom. The maximum Gasteiger partial charge on any atom is 0.317 e. The van der Waals surface area contributed by atoms with Gasteiger partial charge in [0.2, 0.25) is 0 Å². The van der Waals surface area contributed by atoms with E-state index in [1.807, 2.05) is 31.2 Å². The van der Waals surface area contributed by atoms with Crippen molar-refractivity contribution in [2.45, 2.75) is 31.9 Å². The molecule has 2 N–H and O–H groups in total. The summed E-state index contributed by atoms with van der Waals surface area (Å²) in [6.07, 6.45) is 1.53. The third-order valence-electron chi connectivity index (χ3n) is 4.94. The molecule has 0 atom stereocenters. The number of benzene rings is 1. The van der Waals surface area contributed by atoms with Crippen molar-refractivity contribution in [1.82, 2.24) is 20.4 Å². The molecule has 2 heterocycles. The molecule has 8 nitrogen and oxygen atoms in total. The van der Waals surface area contributed by atoms with Crippen LogP contribution in [0.5, 0.6) is 11.5 Å². The van der Waals surface area contributed by atoms with Gasteiger partial charge < -0.3 is 29.9 Å². The molecule has 2 saturated heterocycles. The quantitative estimate of drug-likeness (QED) is 0.819. The molecular weight excluding hydrogens is 348 g/mol. The first-order chi connectivity index (χ1) is 13.1. The Hall–Kier alpha value is -2.64. The van der Waals surface area contributed by atoms with Crippen LogP contribution in [0.25, 0.3) is 0 Å². The lowest BCUT2D eigenvalue weighted by Crippen LogP contribution is -2.60. The lowest BCUT2D eigenvalue weighted by atomic mass is 10.1. The monoisotopic (exact) mass is 376 g/mol. The highest BCUT2D eigenvalue weighted by atomic mass is 16.5. The minimum atomic E-state index is -0.0636. The molecule has 1 aromatic rings. The number of likely N-dealkylation sites (tertiary alicyclic amines) is 2. The Morgan fingerprint density at radius 2 is 1.74 bits per heavy atom. The van der Waals surface area contributed by atoms with Gasteiger partial charge in [-0.05, 0) is 31.9 Å². The van der Waals surface area contributed by atoms with Crippen molar-refractivity contribution in [3.05, 3.63) is 24.3 Å². The maximum atomic E-state index is 12.4. The van der Waals surface area contributed by atoms with Gasteiger partial charge in [-0.15, -0.1) is 0 Å². The first-order valence-corrected chi connectivity index (χ1v) is 9.48. The number of para-hydroxylation sites is 2. The molecule has 0 radical (unpaired) electrons. The fourth-order valence-corrected chi connectivity index (χ4v) is 3.33. The number of rotatable bonds is 5. The van der Waals surface area contributed by atoms with Gasteiger partial charge in [-0.2, -0.15) is 0 Å². The predicted octanol–water partition coefficient (Wildman–Crippen LogP) is 1.66. The minimum Gasteiger partial charge on any atom is -0.493 e. The zero-order valence-electron chi connectivity index (χ0n) is 15.9. The number of hydrogen-bond acceptors (Lipinski definition) is 4. The predicted molar refractivity (Wildman–Crippen MR) is 101 cm³/mol. The number of piperidine rings is 1. The number of carbonyl (C=O) groups excluding carboxylic acids is 2. The summed E-state index contributed by atoms with van der Waals surface area (Å²) in [5.41, 5.74) is 0. The van der Waals surface area contributed by atoms with Crippen molar-refractivity contribution in [2.24, 2.45) is 0 Å². The number of nitrogens with zero attached hydrogens (tertiary/aromatic N) is 2. The largest absolute Gasteiger partial charge is 0.493 e. The lowest BCUT2D eigenvalue weighted by molar-refractivity contribution is 0.0409. The summed E-state index contributed by atoms with van der Waals surface area (Å²) < 4.78 is 11.2. The average Bonchev–Trinajstić information content (AvgIpc) is 2.65. The smallest absolute Gasteiger partial charge is 0.317 e. The van der Waals surface area contributed by atoms with E-state index >= 15 is 0 Å². The molecule has 27 heavy (non-hydrogen) atoms. The minimum absolute atomic E-state index is 0.0216. The summed E-state index contributed by atoms with van der Waals surface area (Å²) in [5, 5.41) is 5.88. The van der Waals surface area contributed by atoms with E-state index in [1.54, 1.807) is 16.9 Å².